The van der Waals surface area contributed by atoms with Crippen LogP contribution in [-0.4, -0.2) is 34.0 Å². The molecule has 0 saturated carbocycles. The second-order valence-electron chi connectivity index (χ2n) is 7.92. The van der Waals surface area contributed by atoms with Gasteiger partial charge in [-0.1, -0.05) is 0 Å². The fourth-order valence-corrected chi connectivity index (χ4v) is 12.1. The average Bonchev–Trinajstić information content (AvgIpc) is 2.97. The summed E-state index contributed by atoms with van der Waals surface area (Å²) in [5.41, 5.74) is -0.0646. The first-order chi connectivity index (χ1) is 18.2. The molecule has 0 spiro atoms. The van der Waals surface area contributed by atoms with Crippen molar-refractivity contribution >= 4 is 37.1 Å². The minimum Gasteiger partial charge on any atom is -1.00 e. The van der Waals surface area contributed by atoms with Crippen LogP contribution in [0, 0.1) is 0 Å². The monoisotopic (exact) mass is 675 g/mol. The summed E-state index contributed by atoms with van der Waals surface area (Å²) in [5.74, 6) is 3.37. The molecule has 4 aromatic rings. The van der Waals surface area contributed by atoms with Crippen LogP contribution in [0.15, 0.2) is 97.1 Å². The molecule has 0 aromatic heterocycles. The molecule has 1 N–H and O–H groups in total. The molecule has 0 saturated heterocycles. The molecule has 0 radical (unpaired) electrons. The predicted molar refractivity (Wildman–Crippen MR) is 151 cm³/mol. The minimum atomic E-state index is -1.06. The summed E-state index contributed by atoms with van der Waals surface area (Å²) in [4.78, 5) is 0. The Balaban J connectivity index is 0.00000267. The van der Waals surface area contributed by atoms with Crippen LogP contribution < -0.4 is 81.7 Å². The maximum Gasteiger partial charge on any atom is -1.00 e. The number of nitrogens with one attached hydrogen (secondary N) is 1. The van der Waals surface area contributed by atoms with E-state index in [2.05, 4.69) is 69.3 Å². The van der Waals surface area contributed by atoms with E-state index in [1.165, 1.54) is 0 Å². The van der Waals surface area contributed by atoms with Crippen molar-refractivity contribution in [3.05, 3.63) is 97.1 Å². The molecule has 40 heavy (non-hydrogen) atoms. The van der Waals surface area contributed by atoms with Gasteiger partial charge < -0.3 is 37.2 Å². The molecule has 11 heteroatoms. The van der Waals surface area contributed by atoms with E-state index in [1.54, 1.807) is 28.4 Å². The van der Waals surface area contributed by atoms with Crippen molar-refractivity contribution in [3.8, 4) is 23.0 Å². The number of hydrogen-bond acceptors (Lipinski definition) is 5. The second kappa shape index (κ2) is 18.0. The van der Waals surface area contributed by atoms with Crippen molar-refractivity contribution < 1.29 is 72.7 Å². The Kier molecular flexibility index (Phi) is 16.3. The number of rotatable bonds is 11. The second-order valence-corrected chi connectivity index (χ2v) is 13.1. The van der Waals surface area contributed by atoms with Crippen molar-refractivity contribution in [2.75, 3.05) is 28.4 Å². The van der Waals surface area contributed by atoms with Crippen LogP contribution in [-0.2, 0) is 16.5 Å². The molecular formula is C29H30Cl3CrNO4P2. The molecular weight excluding hydrogens is 647 g/mol. The van der Waals surface area contributed by atoms with Gasteiger partial charge in [-0.05, 0) is 0 Å². The maximum absolute atomic E-state index is 5.89. The van der Waals surface area contributed by atoms with Crippen molar-refractivity contribution in [3.63, 3.8) is 0 Å². The molecule has 0 atom stereocenters. The first kappa shape index (κ1) is 36.3. The van der Waals surface area contributed by atoms with Crippen LogP contribution in [0.4, 0.5) is 0 Å². The van der Waals surface area contributed by atoms with Gasteiger partial charge in [-0.2, -0.15) is 0 Å². The summed E-state index contributed by atoms with van der Waals surface area (Å²) < 4.78 is 27.2. The summed E-state index contributed by atoms with van der Waals surface area (Å²) >= 11 is 3.15. The van der Waals surface area contributed by atoms with E-state index in [9.17, 15) is 0 Å². The SMILES string of the molecule is COc1ccccc1P(c1ccccc1OC)C([NH][Cr+3])P(c1ccccc1OC)c1ccccc1OC.[Cl-].[Cl-].[Cl-]. The topological polar surface area (TPSA) is 49.0 Å². The van der Waals surface area contributed by atoms with Gasteiger partial charge in [0.25, 0.3) is 0 Å². The summed E-state index contributed by atoms with van der Waals surface area (Å²) in [6.07, 6.45) is 0. The van der Waals surface area contributed by atoms with E-state index in [-0.39, 0.29) is 42.7 Å². The standard InChI is InChI=1S/C29H30NO4P2.3ClH.Cr/c1-31-21-13-5-9-17-25(21)35(26-18-10-6-14-22(26)32-2)29(30)36(27-19-11-7-15-23(27)33-3)28-20-12-8-16-24(28)34-4;;;;/h5-20,29-30H,1-4H3;3*1H;/q-1;;;;+4/p-3. The molecule has 0 unspecified atom stereocenters. The fourth-order valence-electron chi connectivity index (χ4n) is 4.32. The van der Waals surface area contributed by atoms with Gasteiger partial charge in [0, 0.05) is 0 Å². The fraction of sp³-hybridized carbons (Fsp3) is 0.172. The predicted octanol–water partition coefficient (Wildman–Crippen LogP) is -4.37. The Bertz CT molecular complexity index is 1140. The third kappa shape index (κ3) is 7.77. The molecule has 0 heterocycles. The van der Waals surface area contributed by atoms with Crippen LogP contribution >= 0.6 is 15.8 Å². The van der Waals surface area contributed by atoms with Gasteiger partial charge in [-0.3, -0.25) is 0 Å². The van der Waals surface area contributed by atoms with Gasteiger partial charge in [0.2, 0.25) is 0 Å². The van der Waals surface area contributed by atoms with Crippen LogP contribution in [0.2, 0.25) is 0 Å². The third-order valence-corrected chi connectivity index (χ3v) is 13.1. The van der Waals surface area contributed by atoms with Gasteiger partial charge in [-0.25, -0.2) is 0 Å². The smallest absolute Gasteiger partial charge is 1.00 e. The van der Waals surface area contributed by atoms with E-state index >= 15 is 0 Å². The zero-order valence-electron chi connectivity index (χ0n) is 22.4. The Hall–Kier alpha value is -1.70. The van der Waals surface area contributed by atoms with Crippen LogP contribution in [0.5, 0.6) is 23.0 Å². The zero-order chi connectivity index (χ0) is 26.2. The summed E-state index contributed by atoms with van der Waals surface area (Å²) in [7, 11) is 4.75. The summed E-state index contributed by atoms with van der Waals surface area (Å²) in [6, 6.07) is 32.9. The summed E-state index contributed by atoms with van der Waals surface area (Å²) in [6.45, 7) is 0. The summed E-state index contributed by atoms with van der Waals surface area (Å²) in [5, 5.41) is 4.48. The number of para-hydroxylation sites is 4. The Morgan fingerprint density at radius 2 is 0.700 bits per heavy atom. The molecule has 0 aliphatic rings. The molecule has 0 bridgehead atoms. The Labute approximate surface area is 266 Å². The van der Waals surface area contributed by atoms with E-state index in [0.717, 1.165) is 44.2 Å². The molecule has 5 nitrogen and oxygen atoms in total. The number of benzene rings is 4. The Morgan fingerprint density at radius 3 is 0.900 bits per heavy atom. The average molecular weight is 677 g/mol. The molecule has 212 valence electrons. The van der Waals surface area contributed by atoms with Crippen molar-refractivity contribution in [2.24, 2.45) is 0 Å². The van der Waals surface area contributed by atoms with Crippen molar-refractivity contribution in [2.45, 2.75) is 5.52 Å². The molecule has 0 aliphatic carbocycles. The molecule has 0 aliphatic heterocycles. The van der Waals surface area contributed by atoms with Gasteiger partial charge in [0.1, 0.15) is 0 Å². The first-order valence-corrected chi connectivity index (χ1v) is 15.1. The van der Waals surface area contributed by atoms with Crippen LogP contribution in [0.1, 0.15) is 0 Å². The number of methoxy groups -OCH3 is 4. The van der Waals surface area contributed by atoms with E-state index in [4.69, 9.17) is 18.9 Å². The quantitative estimate of drug-likeness (QED) is 0.163. The number of hydrogen-bond donors (Lipinski definition) is 1. The van der Waals surface area contributed by atoms with Gasteiger partial charge in [-0.15, -0.1) is 0 Å². The number of halogens is 3. The maximum atomic E-state index is 5.89. The van der Waals surface area contributed by atoms with Crippen molar-refractivity contribution in [1.29, 1.82) is 0 Å². The minimum absolute atomic E-state index is 0. The number of ether oxygens (including phenoxy) is 4. The van der Waals surface area contributed by atoms with E-state index < -0.39 is 15.8 Å². The van der Waals surface area contributed by atoms with Crippen molar-refractivity contribution in [1.82, 2.24) is 4.30 Å². The van der Waals surface area contributed by atoms with Crippen LogP contribution in [0.25, 0.3) is 0 Å². The van der Waals surface area contributed by atoms with Crippen LogP contribution in [0.3, 0.4) is 0 Å². The molecule has 4 aromatic carbocycles. The largest absolute Gasteiger partial charge is 1.00 e. The van der Waals surface area contributed by atoms with E-state index in [0.29, 0.717) is 0 Å². The zero-order valence-corrected chi connectivity index (χ0v) is 27.7. The van der Waals surface area contributed by atoms with Gasteiger partial charge >= 0.3 is 231 Å². The molecule has 0 amide bonds. The van der Waals surface area contributed by atoms with E-state index in [1.807, 2.05) is 48.5 Å². The molecule has 4 rings (SSSR count). The normalized spacial score (nSPS) is 10.2. The Morgan fingerprint density at radius 1 is 0.475 bits per heavy atom. The van der Waals surface area contributed by atoms with Gasteiger partial charge in [0.15, 0.2) is 0 Å². The first-order valence-electron chi connectivity index (χ1n) is 11.7. The third-order valence-electron chi connectivity index (χ3n) is 5.97. The molecule has 0 fully saturated rings. The van der Waals surface area contributed by atoms with Gasteiger partial charge in [0.05, 0.1) is 0 Å².